The molecule has 1 heterocycles. The van der Waals surface area contributed by atoms with Gasteiger partial charge in [-0.25, -0.2) is 0 Å². The lowest BCUT2D eigenvalue weighted by atomic mass is 10.2. The lowest BCUT2D eigenvalue weighted by Gasteiger charge is -2.16. The molecule has 0 saturated carbocycles. The molecule has 0 radical (unpaired) electrons. The Bertz CT molecular complexity index is 240. The number of hydrogen-bond donors (Lipinski definition) is 1. The molecule has 0 aromatic carbocycles. The van der Waals surface area contributed by atoms with Crippen LogP contribution in [-0.4, -0.2) is 6.04 Å². The zero-order valence-electron chi connectivity index (χ0n) is 8.22. The maximum atomic E-state index is 3.50. The van der Waals surface area contributed by atoms with E-state index >= 15 is 0 Å². The van der Waals surface area contributed by atoms with Crippen molar-refractivity contribution in [3.8, 4) is 0 Å². The second-order valence-electron chi connectivity index (χ2n) is 3.51. The summed E-state index contributed by atoms with van der Waals surface area (Å²) in [7, 11) is 0. The van der Waals surface area contributed by atoms with Gasteiger partial charge in [0.15, 0.2) is 0 Å². The van der Waals surface area contributed by atoms with Crippen LogP contribution in [0.1, 0.15) is 37.3 Å². The van der Waals surface area contributed by atoms with E-state index in [1.165, 1.54) is 10.4 Å². The van der Waals surface area contributed by atoms with E-state index in [0.717, 1.165) is 0 Å². The maximum absolute atomic E-state index is 3.50. The van der Waals surface area contributed by atoms with Crippen molar-refractivity contribution < 1.29 is 0 Å². The minimum atomic E-state index is 0.491. The van der Waals surface area contributed by atoms with Crippen LogP contribution >= 0.6 is 11.3 Å². The molecule has 2 heteroatoms. The smallest absolute Gasteiger partial charge is 0.0390 e. The second kappa shape index (κ2) is 4.06. The zero-order chi connectivity index (χ0) is 9.14. The van der Waals surface area contributed by atoms with E-state index in [-0.39, 0.29) is 0 Å². The molecule has 0 aliphatic carbocycles. The molecule has 0 aliphatic rings. The van der Waals surface area contributed by atoms with E-state index in [1.54, 1.807) is 0 Å². The molecule has 0 spiro atoms. The van der Waals surface area contributed by atoms with E-state index in [0.29, 0.717) is 12.1 Å². The zero-order valence-corrected chi connectivity index (χ0v) is 9.03. The van der Waals surface area contributed by atoms with Crippen molar-refractivity contribution >= 4 is 11.3 Å². The summed E-state index contributed by atoms with van der Waals surface area (Å²) < 4.78 is 0. The van der Waals surface area contributed by atoms with Gasteiger partial charge < -0.3 is 5.32 Å². The third-order valence-electron chi connectivity index (χ3n) is 1.88. The number of thiophene rings is 1. The Morgan fingerprint density at radius 3 is 2.42 bits per heavy atom. The number of hydrogen-bond acceptors (Lipinski definition) is 2. The van der Waals surface area contributed by atoms with Gasteiger partial charge in [0.2, 0.25) is 0 Å². The summed E-state index contributed by atoms with van der Waals surface area (Å²) in [6.07, 6.45) is 0. The Kier molecular flexibility index (Phi) is 3.29. The Hall–Kier alpha value is -0.340. The van der Waals surface area contributed by atoms with Crippen LogP contribution in [-0.2, 0) is 0 Å². The number of aryl methyl sites for hydroxylation is 1. The lowest BCUT2D eigenvalue weighted by molar-refractivity contribution is 0.510. The molecule has 0 aliphatic heterocycles. The predicted octanol–water partition coefficient (Wildman–Crippen LogP) is 3.12. The average Bonchev–Trinajstić information content (AvgIpc) is 2.33. The van der Waals surface area contributed by atoms with Crippen molar-refractivity contribution in [2.45, 2.75) is 39.8 Å². The van der Waals surface area contributed by atoms with E-state index in [4.69, 9.17) is 0 Å². The molecule has 0 saturated heterocycles. The SMILES string of the molecule is Cc1ccsc1C(C)NC(C)C. The number of rotatable bonds is 3. The van der Waals surface area contributed by atoms with Crippen molar-refractivity contribution in [1.29, 1.82) is 0 Å². The van der Waals surface area contributed by atoms with Crippen molar-refractivity contribution in [3.05, 3.63) is 21.9 Å². The molecular formula is C10H17NS. The van der Waals surface area contributed by atoms with E-state index in [2.05, 4.69) is 44.5 Å². The largest absolute Gasteiger partial charge is 0.307 e. The van der Waals surface area contributed by atoms with E-state index in [9.17, 15) is 0 Å². The van der Waals surface area contributed by atoms with Gasteiger partial charge in [-0.15, -0.1) is 11.3 Å². The van der Waals surface area contributed by atoms with Gasteiger partial charge in [0.1, 0.15) is 0 Å². The highest BCUT2D eigenvalue weighted by Crippen LogP contribution is 2.23. The van der Waals surface area contributed by atoms with Crippen LogP contribution in [0.25, 0.3) is 0 Å². The first-order chi connectivity index (χ1) is 5.61. The third kappa shape index (κ3) is 2.32. The monoisotopic (exact) mass is 183 g/mol. The summed E-state index contributed by atoms with van der Waals surface area (Å²) in [4.78, 5) is 1.46. The summed E-state index contributed by atoms with van der Waals surface area (Å²) in [6.45, 7) is 8.75. The van der Waals surface area contributed by atoms with Crippen molar-refractivity contribution in [1.82, 2.24) is 5.32 Å². The maximum Gasteiger partial charge on any atom is 0.0390 e. The summed E-state index contributed by atoms with van der Waals surface area (Å²) in [5.74, 6) is 0. The van der Waals surface area contributed by atoms with Gasteiger partial charge in [-0.3, -0.25) is 0 Å². The molecule has 1 aromatic heterocycles. The number of nitrogens with one attached hydrogen (secondary N) is 1. The Labute approximate surface area is 78.8 Å². The van der Waals surface area contributed by atoms with Gasteiger partial charge in [0.05, 0.1) is 0 Å². The van der Waals surface area contributed by atoms with Crippen LogP contribution in [0.2, 0.25) is 0 Å². The molecule has 68 valence electrons. The van der Waals surface area contributed by atoms with E-state index < -0.39 is 0 Å². The van der Waals surface area contributed by atoms with Gasteiger partial charge in [0, 0.05) is 17.0 Å². The lowest BCUT2D eigenvalue weighted by Crippen LogP contribution is -2.25. The van der Waals surface area contributed by atoms with Gasteiger partial charge in [-0.05, 0) is 30.9 Å². The van der Waals surface area contributed by atoms with Crippen molar-refractivity contribution in [2.24, 2.45) is 0 Å². The Morgan fingerprint density at radius 2 is 2.00 bits per heavy atom. The highest BCUT2D eigenvalue weighted by Gasteiger charge is 2.09. The van der Waals surface area contributed by atoms with Gasteiger partial charge in [-0.2, -0.15) is 0 Å². The standard InChI is InChI=1S/C10H17NS/c1-7(2)11-9(4)10-8(3)5-6-12-10/h5-7,9,11H,1-4H3. The first-order valence-electron chi connectivity index (χ1n) is 4.41. The molecule has 1 aromatic rings. The fourth-order valence-electron chi connectivity index (χ4n) is 1.40. The van der Waals surface area contributed by atoms with Gasteiger partial charge in [-0.1, -0.05) is 13.8 Å². The second-order valence-corrected chi connectivity index (χ2v) is 4.46. The first kappa shape index (κ1) is 9.75. The molecule has 0 amide bonds. The molecule has 1 rings (SSSR count). The van der Waals surface area contributed by atoms with Crippen LogP contribution < -0.4 is 5.32 Å². The van der Waals surface area contributed by atoms with E-state index in [1.807, 2.05) is 11.3 Å². The minimum Gasteiger partial charge on any atom is -0.307 e. The molecule has 1 nitrogen and oxygen atoms in total. The molecule has 0 bridgehead atoms. The molecular weight excluding hydrogens is 166 g/mol. The molecule has 1 atom stereocenters. The van der Waals surface area contributed by atoms with Gasteiger partial charge in [0.25, 0.3) is 0 Å². The first-order valence-corrected chi connectivity index (χ1v) is 5.29. The Balaban J connectivity index is 2.65. The molecule has 1 N–H and O–H groups in total. The van der Waals surface area contributed by atoms with Gasteiger partial charge >= 0.3 is 0 Å². The third-order valence-corrected chi connectivity index (χ3v) is 3.08. The van der Waals surface area contributed by atoms with Crippen LogP contribution in [0.5, 0.6) is 0 Å². The van der Waals surface area contributed by atoms with Crippen LogP contribution in [0.15, 0.2) is 11.4 Å². The molecule has 0 fully saturated rings. The molecule has 12 heavy (non-hydrogen) atoms. The molecule has 1 unspecified atom stereocenters. The predicted molar refractivity (Wildman–Crippen MR) is 55.7 cm³/mol. The Morgan fingerprint density at radius 1 is 1.33 bits per heavy atom. The van der Waals surface area contributed by atoms with Crippen LogP contribution in [0.3, 0.4) is 0 Å². The van der Waals surface area contributed by atoms with Crippen molar-refractivity contribution in [3.63, 3.8) is 0 Å². The fourth-order valence-corrected chi connectivity index (χ4v) is 2.35. The van der Waals surface area contributed by atoms with Crippen LogP contribution in [0, 0.1) is 6.92 Å². The highest BCUT2D eigenvalue weighted by molar-refractivity contribution is 7.10. The summed E-state index contributed by atoms with van der Waals surface area (Å²) >= 11 is 1.84. The summed E-state index contributed by atoms with van der Waals surface area (Å²) in [6, 6.07) is 3.23. The van der Waals surface area contributed by atoms with Crippen LogP contribution in [0.4, 0.5) is 0 Å². The topological polar surface area (TPSA) is 12.0 Å². The summed E-state index contributed by atoms with van der Waals surface area (Å²) in [5.41, 5.74) is 1.40. The highest BCUT2D eigenvalue weighted by atomic mass is 32.1. The minimum absolute atomic E-state index is 0.491. The van der Waals surface area contributed by atoms with Crippen molar-refractivity contribution in [2.75, 3.05) is 0 Å². The quantitative estimate of drug-likeness (QED) is 0.759. The normalized spacial score (nSPS) is 13.8. The summed E-state index contributed by atoms with van der Waals surface area (Å²) in [5, 5.41) is 5.65. The average molecular weight is 183 g/mol. The fraction of sp³-hybridized carbons (Fsp3) is 0.600.